The van der Waals surface area contributed by atoms with Gasteiger partial charge < -0.3 is 20.9 Å². The van der Waals surface area contributed by atoms with Gasteiger partial charge in [-0.2, -0.15) is 0 Å². The van der Waals surface area contributed by atoms with Crippen molar-refractivity contribution in [1.29, 1.82) is 0 Å². The van der Waals surface area contributed by atoms with Crippen molar-refractivity contribution in [3.63, 3.8) is 0 Å². The molecule has 1 rings (SSSR count). The molecule has 5 nitrogen and oxygen atoms in total. The van der Waals surface area contributed by atoms with Crippen LogP contribution in [-0.4, -0.2) is 30.0 Å². The molecule has 0 bridgehead atoms. The quantitative estimate of drug-likeness (QED) is 0.708. The van der Waals surface area contributed by atoms with Gasteiger partial charge in [0, 0.05) is 13.1 Å². The Morgan fingerprint density at radius 1 is 1.47 bits per heavy atom. The summed E-state index contributed by atoms with van der Waals surface area (Å²) in [4.78, 5) is 10.5. The molecule has 1 unspecified atom stereocenters. The van der Waals surface area contributed by atoms with E-state index in [0.29, 0.717) is 5.56 Å². The summed E-state index contributed by atoms with van der Waals surface area (Å²) < 4.78 is 39.7. The van der Waals surface area contributed by atoms with Crippen molar-refractivity contribution in [2.75, 3.05) is 6.54 Å². The second kappa shape index (κ2) is 6.39. The second-order valence-electron chi connectivity index (χ2n) is 3.74. The van der Waals surface area contributed by atoms with Gasteiger partial charge >= 0.3 is 6.36 Å². The van der Waals surface area contributed by atoms with E-state index in [2.05, 4.69) is 10.1 Å². The van der Waals surface area contributed by atoms with Gasteiger partial charge in [0.25, 0.3) is 0 Å². The summed E-state index contributed by atoms with van der Waals surface area (Å²) in [6.45, 7) is 0.0824. The van der Waals surface area contributed by atoms with Crippen LogP contribution in [0.25, 0.3) is 0 Å². The van der Waals surface area contributed by atoms with Gasteiger partial charge in [0.05, 0.1) is 0 Å². The molecule has 0 aromatic heterocycles. The second-order valence-corrected chi connectivity index (χ2v) is 3.74. The van der Waals surface area contributed by atoms with E-state index in [4.69, 9.17) is 10.8 Å². The molecule has 0 heterocycles. The van der Waals surface area contributed by atoms with E-state index in [-0.39, 0.29) is 18.8 Å². The normalized spacial score (nSPS) is 13.1. The fraction of sp³-hybridized carbons (Fsp3) is 0.364. The first-order chi connectivity index (χ1) is 8.78. The summed E-state index contributed by atoms with van der Waals surface area (Å²) in [7, 11) is 0. The van der Waals surface area contributed by atoms with Crippen LogP contribution in [0.4, 0.5) is 13.2 Å². The van der Waals surface area contributed by atoms with Crippen molar-refractivity contribution in [2.24, 2.45) is 5.73 Å². The molecule has 4 N–H and O–H groups in total. The minimum absolute atomic E-state index is 0.0836. The number of benzene rings is 1. The van der Waals surface area contributed by atoms with Crippen LogP contribution in [0.5, 0.6) is 5.75 Å². The van der Waals surface area contributed by atoms with E-state index < -0.39 is 18.4 Å². The fourth-order valence-corrected chi connectivity index (χ4v) is 1.31. The molecule has 8 heteroatoms. The topological polar surface area (TPSA) is 84.6 Å². The molecule has 19 heavy (non-hydrogen) atoms. The number of carbonyl (C=O) groups excluding carboxylic acids is 1. The number of ether oxygens (including phenoxy) is 1. The Morgan fingerprint density at radius 3 is 2.74 bits per heavy atom. The van der Waals surface area contributed by atoms with Crippen molar-refractivity contribution in [1.82, 2.24) is 5.32 Å². The minimum Gasteiger partial charge on any atom is -0.406 e. The lowest BCUT2D eigenvalue weighted by atomic mass is 10.2. The first-order valence-corrected chi connectivity index (χ1v) is 5.31. The molecule has 1 amide bonds. The highest BCUT2D eigenvalue weighted by atomic mass is 19.4. The van der Waals surface area contributed by atoms with Crippen LogP contribution >= 0.6 is 0 Å². The Hall–Kier alpha value is -1.80. The van der Waals surface area contributed by atoms with E-state index in [1.165, 1.54) is 18.2 Å². The molecule has 0 aliphatic carbocycles. The third-order valence-electron chi connectivity index (χ3n) is 2.13. The number of alkyl halides is 3. The zero-order valence-electron chi connectivity index (χ0n) is 9.78. The number of nitrogens with two attached hydrogens (primary N) is 1. The fourth-order valence-electron chi connectivity index (χ4n) is 1.31. The zero-order chi connectivity index (χ0) is 14.5. The van der Waals surface area contributed by atoms with E-state index >= 15 is 0 Å². The first-order valence-electron chi connectivity index (χ1n) is 5.31. The minimum atomic E-state index is -4.74. The molecule has 1 aromatic rings. The SMILES string of the molecule is NC(=O)C(O)CNCc1cccc(OC(F)(F)F)c1. The standard InChI is InChI=1S/C11H13F3N2O3/c12-11(13,14)19-8-3-1-2-7(4-8)5-16-6-9(17)10(15)18/h1-4,9,16-17H,5-6H2,(H2,15,18). The Balaban J connectivity index is 2.51. The summed E-state index contributed by atoms with van der Waals surface area (Å²) >= 11 is 0. The van der Waals surface area contributed by atoms with Gasteiger partial charge in [-0.25, -0.2) is 0 Å². The highest BCUT2D eigenvalue weighted by Gasteiger charge is 2.31. The van der Waals surface area contributed by atoms with E-state index in [1.807, 2.05) is 0 Å². The van der Waals surface area contributed by atoms with Crippen LogP contribution < -0.4 is 15.8 Å². The van der Waals surface area contributed by atoms with E-state index in [9.17, 15) is 18.0 Å². The molecule has 1 atom stereocenters. The van der Waals surface area contributed by atoms with Crippen molar-refractivity contribution in [3.8, 4) is 5.75 Å². The Morgan fingerprint density at radius 2 is 2.16 bits per heavy atom. The highest BCUT2D eigenvalue weighted by molar-refractivity contribution is 5.78. The first kappa shape index (κ1) is 15.3. The number of halogens is 3. The van der Waals surface area contributed by atoms with Crippen molar-refractivity contribution in [3.05, 3.63) is 29.8 Å². The van der Waals surface area contributed by atoms with Gasteiger partial charge in [-0.3, -0.25) is 4.79 Å². The average Bonchev–Trinajstić information content (AvgIpc) is 2.26. The number of primary amides is 1. The molecule has 0 radical (unpaired) electrons. The molecular formula is C11H13F3N2O3. The van der Waals surface area contributed by atoms with Crippen LogP contribution in [0.1, 0.15) is 5.56 Å². The number of nitrogens with one attached hydrogen (secondary N) is 1. The maximum Gasteiger partial charge on any atom is 0.573 e. The van der Waals surface area contributed by atoms with Crippen molar-refractivity contribution < 1.29 is 27.8 Å². The summed E-state index contributed by atoms with van der Waals surface area (Å²) in [5.74, 6) is -1.20. The van der Waals surface area contributed by atoms with Gasteiger partial charge in [0.2, 0.25) is 5.91 Å². The number of hydrogen-bond donors (Lipinski definition) is 3. The van der Waals surface area contributed by atoms with Crippen LogP contribution in [-0.2, 0) is 11.3 Å². The third kappa shape index (κ3) is 6.07. The largest absolute Gasteiger partial charge is 0.573 e. The molecule has 1 aromatic carbocycles. The molecule has 0 fully saturated rings. The molecule has 0 saturated heterocycles. The summed E-state index contributed by atoms with van der Waals surface area (Å²) in [5.41, 5.74) is 5.35. The van der Waals surface area contributed by atoms with Gasteiger partial charge in [-0.15, -0.1) is 13.2 Å². The smallest absolute Gasteiger partial charge is 0.406 e. The molecular weight excluding hydrogens is 265 g/mol. The van der Waals surface area contributed by atoms with Crippen LogP contribution in [0.2, 0.25) is 0 Å². The van der Waals surface area contributed by atoms with Crippen LogP contribution in [0, 0.1) is 0 Å². The maximum absolute atomic E-state index is 12.0. The number of amides is 1. The van der Waals surface area contributed by atoms with Gasteiger partial charge in [-0.05, 0) is 17.7 Å². The van der Waals surface area contributed by atoms with Crippen molar-refractivity contribution >= 4 is 5.91 Å². The van der Waals surface area contributed by atoms with Gasteiger partial charge in [0.15, 0.2) is 0 Å². The van der Waals surface area contributed by atoms with Crippen molar-refractivity contribution in [2.45, 2.75) is 19.0 Å². The third-order valence-corrected chi connectivity index (χ3v) is 2.13. The number of carbonyl (C=O) groups is 1. The predicted octanol–water partition coefficient (Wildman–Crippen LogP) is 0.521. The number of aliphatic hydroxyl groups excluding tert-OH is 1. The number of rotatable bonds is 6. The van der Waals surface area contributed by atoms with Gasteiger partial charge in [-0.1, -0.05) is 12.1 Å². The average molecular weight is 278 g/mol. The summed E-state index contributed by atoms with van der Waals surface area (Å²) in [5, 5.41) is 11.8. The molecule has 0 aliphatic rings. The molecule has 0 aliphatic heterocycles. The number of aliphatic hydroxyl groups is 1. The van der Waals surface area contributed by atoms with E-state index in [1.54, 1.807) is 6.07 Å². The molecule has 0 spiro atoms. The zero-order valence-corrected chi connectivity index (χ0v) is 9.78. The lowest BCUT2D eigenvalue weighted by Gasteiger charge is -2.11. The highest BCUT2D eigenvalue weighted by Crippen LogP contribution is 2.23. The summed E-state index contributed by atoms with van der Waals surface area (Å²) in [6.07, 6.45) is -6.08. The van der Waals surface area contributed by atoms with Gasteiger partial charge in [0.1, 0.15) is 11.9 Å². The Labute approximate surface area is 107 Å². The Bertz CT molecular complexity index is 437. The van der Waals surface area contributed by atoms with E-state index in [0.717, 1.165) is 0 Å². The van der Waals surface area contributed by atoms with Crippen LogP contribution in [0.15, 0.2) is 24.3 Å². The lowest BCUT2D eigenvalue weighted by Crippen LogP contribution is -2.37. The maximum atomic E-state index is 12.0. The number of hydrogen-bond acceptors (Lipinski definition) is 4. The summed E-state index contributed by atoms with van der Waals surface area (Å²) in [6, 6.07) is 5.36. The molecule has 106 valence electrons. The Kier molecular flexibility index (Phi) is 5.13. The lowest BCUT2D eigenvalue weighted by molar-refractivity contribution is -0.274. The predicted molar refractivity (Wildman–Crippen MR) is 60.0 cm³/mol. The monoisotopic (exact) mass is 278 g/mol. The molecule has 0 saturated carbocycles. The van der Waals surface area contributed by atoms with Crippen LogP contribution in [0.3, 0.4) is 0 Å².